The minimum absolute atomic E-state index is 0.0466. The number of carbonyl (C=O) groups excluding carboxylic acids is 2. The number of hydrogen-bond acceptors (Lipinski definition) is 5. The molecule has 1 aliphatic carbocycles. The van der Waals surface area contributed by atoms with Crippen molar-refractivity contribution in [3.05, 3.63) is 39.4 Å². The second kappa shape index (κ2) is 5.17. The summed E-state index contributed by atoms with van der Waals surface area (Å²) >= 11 is 0. The molecule has 0 heterocycles. The predicted molar refractivity (Wildman–Crippen MR) is 66.3 cm³/mol. The van der Waals surface area contributed by atoms with Gasteiger partial charge in [-0.2, -0.15) is 0 Å². The van der Waals surface area contributed by atoms with Crippen LogP contribution in [-0.2, 0) is 0 Å². The number of nitro groups is 1. The van der Waals surface area contributed by atoms with E-state index in [2.05, 4.69) is 0 Å². The van der Waals surface area contributed by atoms with E-state index >= 15 is 0 Å². The lowest BCUT2D eigenvalue weighted by atomic mass is 10.1. The summed E-state index contributed by atoms with van der Waals surface area (Å²) in [5.74, 6) is -1.28. The van der Waals surface area contributed by atoms with Gasteiger partial charge in [0.15, 0.2) is 0 Å². The van der Waals surface area contributed by atoms with E-state index in [1.54, 1.807) is 12.1 Å². The Morgan fingerprint density at radius 2 is 2.05 bits per heavy atom. The lowest BCUT2D eigenvalue weighted by molar-refractivity contribution is -0.488. The van der Waals surface area contributed by atoms with Gasteiger partial charge in [-0.25, -0.2) is 0 Å². The van der Waals surface area contributed by atoms with Gasteiger partial charge in [-0.15, -0.1) is 0 Å². The van der Waals surface area contributed by atoms with E-state index in [1.807, 2.05) is 6.92 Å². The molecule has 0 amide bonds. The van der Waals surface area contributed by atoms with E-state index < -0.39 is 22.5 Å². The van der Waals surface area contributed by atoms with Crippen LogP contribution in [-0.4, -0.2) is 29.1 Å². The highest BCUT2D eigenvalue weighted by Crippen LogP contribution is 2.31. The molecule has 6 heteroatoms. The fourth-order valence-corrected chi connectivity index (χ4v) is 2.03. The van der Waals surface area contributed by atoms with Gasteiger partial charge in [-0.1, -0.05) is 25.5 Å². The van der Waals surface area contributed by atoms with E-state index in [1.165, 1.54) is 6.07 Å². The van der Waals surface area contributed by atoms with Gasteiger partial charge in [0.05, 0.1) is 12.2 Å². The Balaban J connectivity index is 2.36. The van der Waals surface area contributed by atoms with Crippen molar-refractivity contribution in [1.82, 2.24) is 0 Å². The number of fused-ring (bicyclic) bond motifs is 1. The van der Waals surface area contributed by atoms with Crippen LogP contribution in [0.2, 0.25) is 0 Å². The van der Waals surface area contributed by atoms with Crippen LogP contribution < -0.4 is 4.74 Å². The first-order chi connectivity index (χ1) is 9.07. The number of unbranched alkanes of at least 4 members (excludes halogenated alkanes) is 1. The Labute approximate surface area is 109 Å². The Hall–Kier alpha value is -2.24. The number of carbonyl (C=O) groups is 2. The third kappa shape index (κ3) is 2.21. The standard InChI is InChI=1S/C13H13NO5/c1-2-3-7-19-9-6-4-5-8-10(9)13(16)11(12(8)15)14(17)18/h4-6,11H,2-3,7H2,1H3. The highest BCUT2D eigenvalue weighted by atomic mass is 16.6. The van der Waals surface area contributed by atoms with Crippen LogP contribution in [0, 0.1) is 10.1 Å². The van der Waals surface area contributed by atoms with Gasteiger partial charge in [0.25, 0.3) is 0 Å². The van der Waals surface area contributed by atoms with Gasteiger partial charge in [0.2, 0.25) is 11.6 Å². The first-order valence-electron chi connectivity index (χ1n) is 6.05. The molecule has 0 aromatic heterocycles. The summed E-state index contributed by atoms with van der Waals surface area (Å²) in [6.45, 7) is 2.41. The Kier molecular flexibility index (Phi) is 3.59. The Morgan fingerprint density at radius 3 is 2.68 bits per heavy atom. The van der Waals surface area contributed by atoms with Crippen LogP contribution in [0.3, 0.4) is 0 Å². The van der Waals surface area contributed by atoms with Crippen molar-refractivity contribution in [2.45, 2.75) is 25.8 Å². The van der Waals surface area contributed by atoms with Crippen LogP contribution in [0.15, 0.2) is 18.2 Å². The van der Waals surface area contributed by atoms with Crippen molar-refractivity contribution in [2.24, 2.45) is 0 Å². The number of ketones is 2. The molecular weight excluding hydrogens is 250 g/mol. The number of Topliss-reactive ketones (excluding diaryl/α,β-unsaturated/α-hetero) is 2. The van der Waals surface area contributed by atoms with Crippen molar-refractivity contribution in [3.63, 3.8) is 0 Å². The van der Waals surface area contributed by atoms with Gasteiger partial charge in [0.1, 0.15) is 5.75 Å². The maximum Gasteiger partial charge on any atom is 0.336 e. The molecule has 0 fully saturated rings. The molecule has 1 aromatic rings. The Bertz CT molecular complexity index is 552. The van der Waals surface area contributed by atoms with Crippen LogP contribution in [0.4, 0.5) is 0 Å². The largest absolute Gasteiger partial charge is 0.493 e. The van der Waals surface area contributed by atoms with Gasteiger partial charge >= 0.3 is 6.04 Å². The van der Waals surface area contributed by atoms with Crippen LogP contribution >= 0.6 is 0 Å². The highest BCUT2D eigenvalue weighted by molar-refractivity contribution is 6.29. The molecule has 6 nitrogen and oxygen atoms in total. The van der Waals surface area contributed by atoms with E-state index in [-0.39, 0.29) is 16.9 Å². The summed E-state index contributed by atoms with van der Waals surface area (Å²) in [4.78, 5) is 33.7. The summed E-state index contributed by atoms with van der Waals surface area (Å²) in [6.07, 6.45) is 1.74. The fraction of sp³-hybridized carbons (Fsp3) is 0.385. The molecule has 0 spiro atoms. The number of ether oxygens (including phenoxy) is 1. The molecule has 100 valence electrons. The minimum atomic E-state index is -1.81. The molecule has 2 rings (SSSR count). The number of nitrogens with zero attached hydrogens (tertiary/aromatic N) is 1. The van der Waals surface area contributed by atoms with Crippen molar-refractivity contribution in [3.8, 4) is 5.75 Å². The first-order valence-corrected chi connectivity index (χ1v) is 6.05. The molecule has 1 aliphatic rings. The minimum Gasteiger partial charge on any atom is -0.493 e. The van der Waals surface area contributed by atoms with Gasteiger partial charge in [0, 0.05) is 10.5 Å². The third-order valence-electron chi connectivity index (χ3n) is 3.00. The second-order valence-electron chi connectivity index (χ2n) is 4.30. The molecule has 0 radical (unpaired) electrons. The van der Waals surface area contributed by atoms with Crippen LogP contribution in [0.1, 0.15) is 40.5 Å². The normalized spacial score (nSPS) is 17.4. The smallest absolute Gasteiger partial charge is 0.336 e. The van der Waals surface area contributed by atoms with E-state index in [0.717, 1.165) is 12.8 Å². The molecule has 1 unspecified atom stereocenters. The average molecular weight is 263 g/mol. The van der Waals surface area contributed by atoms with Crippen LogP contribution in [0.25, 0.3) is 0 Å². The van der Waals surface area contributed by atoms with Crippen molar-refractivity contribution in [1.29, 1.82) is 0 Å². The molecular formula is C13H13NO5. The maximum atomic E-state index is 12.0. The van der Waals surface area contributed by atoms with Gasteiger partial charge < -0.3 is 4.74 Å². The summed E-state index contributed by atoms with van der Waals surface area (Å²) in [7, 11) is 0. The fourth-order valence-electron chi connectivity index (χ4n) is 2.03. The van der Waals surface area contributed by atoms with E-state index in [0.29, 0.717) is 6.61 Å². The number of benzene rings is 1. The van der Waals surface area contributed by atoms with Gasteiger partial charge in [-0.05, 0) is 12.5 Å². The molecule has 19 heavy (non-hydrogen) atoms. The highest BCUT2D eigenvalue weighted by Gasteiger charge is 2.49. The van der Waals surface area contributed by atoms with Crippen molar-refractivity contribution in [2.75, 3.05) is 6.61 Å². The quantitative estimate of drug-likeness (QED) is 0.350. The number of hydrogen-bond donors (Lipinski definition) is 0. The molecule has 1 aromatic carbocycles. The lowest BCUT2D eigenvalue weighted by Gasteiger charge is -2.08. The molecule has 0 N–H and O–H groups in total. The maximum absolute atomic E-state index is 12.0. The lowest BCUT2D eigenvalue weighted by Crippen LogP contribution is -2.31. The summed E-state index contributed by atoms with van der Waals surface area (Å²) in [5, 5.41) is 10.8. The molecule has 0 bridgehead atoms. The summed E-state index contributed by atoms with van der Waals surface area (Å²) in [5.41, 5.74) is 0.131. The zero-order valence-electron chi connectivity index (χ0n) is 10.4. The topological polar surface area (TPSA) is 86.5 Å². The van der Waals surface area contributed by atoms with Crippen LogP contribution in [0.5, 0.6) is 5.75 Å². The monoisotopic (exact) mass is 263 g/mol. The van der Waals surface area contributed by atoms with E-state index in [9.17, 15) is 19.7 Å². The molecule has 0 saturated carbocycles. The summed E-state index contributed by atoms with van der Waals surface area (Å²) < 4.78 is 5.44. The number of rotatable bonds is 5. The van der Waals surface area contributed by atoms with Crippen molar-refractivity contribution < 1.29 is 19.2 Å². The van der Waals surface area contributed by atoms with E-state index in [4.69, 9.17) is 4.74 Å². The second-order valence-corrected chi connectivity index (χ2v) is 4.30. The molecule has 1 atom stereocenters. The predicted octanol–water partition coefficient (Wildman–Crippen LogP) is 1.89. The van der Waals surface area contributed by atoms with Crippen molar-refractivity contribution >= 4 is 11.6 Å². The Morgan fingerprint density at radius 1 is 1.32 bits per heavy atom. The zero-order chi connectivity index (χ0) is 14.0. The molecule has 0 saturated heterocycles. The molecule has 0 aliphatic heterocycles. The average Bonchev–Trinajstić information content (AvgIpc) is 2.63. The summed E-state index contributed by atoms with van der Waals surface area (Å²) in [6, 6.07) is 2.73. The zero-order valence-corrected chi connectivity index (χ0v) is 10.4. The third-order valence-corrected chi connectivity index (χ3v) is 3.00. The first kappa shape index (κ1) is 13.2. The van der Waals surface area contributed by atoms with Gasteiger partial charge in [-0.3, -0.25) is 19.7 Å². The SMILES string of the molecule is CCCCOc1cccc2c1C(=O)C([N+](=O)[O-])C2=O.